The van der Waals surface area contributed by atoms with Crippen LogP contribution in [0.25, 0.3) is 0 Å². The average Bonchev–Trinajstić information content (AvgIpc) is 2.85. The van der Waals surface area contributed by atoms with Crippen LogP contribution in [0.2, 0.25) is 0 Å². The summed E-state index contributed by atoms with van der Waals surface area (Å²) in [6.07, 6.45) is 4.77. The fourth-order valence-electron chi connectivity index (χ4n) is 3.02. The molecule has 3 N–H and O–H groups in total. The number of rotatable bonds is 1. The molecule has 0 bridgehead atoms. The minimum Gasteiger partial charge on any atom is -0.321 e. The van der Waals surface area contributed by atoms with E-state index in [4.69, 9.17) is 5.73 Å². The second-order valence-corrected chi connectivity index (χ2v) is 7.02. The molecule has 0 saturated heterocycles. The molecule has 1 aliphatic carbocycles. The van der Waals surface area contributed by atoms with E-state index in [1.165, 1.54) is 22.4 Å². The standard InChI is InChI=1S/C17H23N3/c1-16(2,3)13-5-4-6-14(9-13)17(18)8-7-15-12(10-17)11-19-20-15/h4-6,9,11H,7-8,10,18H2,1-3H3,(H,19,20). The quantitative estimate of drug-likeness (QED) is 0.836. The number of nitrogens with two attached hydrogens (primary N) is 1. The molecule has 1 atom stereocenters. The molecule has 0 spiro atoms. The lowest BCUT2D eigenvalue weighted by molar-refractivity contribution is 0.382. The van der Waals surface area contributed by atoms with Crippen molar-refractivity contribution in [2.75, 3.05) is 0 Å². The summed E-state index contributed by atoms with van der Waals surface area (Å²) in [4.78, 5) is 0. The molecule has 1 unspecified atom stereocenters. The van der Waals surface area contributed by atoms with Crippen LogP contribution in [0.15, 0.2) is 30.5 Å². The van der Waals surface area contributed by atoms with Gasteiger partial charge in [-0.2, -0.15) is 5.10 Å². The molecule has 1 aromatic heterocycles. The minimum absolute atomic E-state index is 0.155. The zero-order chi connectivity index (χ0) is 14.4. The Labute approximate surface area is 120 Å². The molecule has 0 amide bonds. The number of H-pyrrole nitrogens is 1. The second kappa shape index (κ2) is 4.45. The van der Waals surface area contributed by atoms with Gasteiger partial charge in [-0.15, -0.1) is 0 Å². The Morgan fingerprint density at radius 1 is 1.30 bits per heavy atom. The van der Waals surface area contributed by atoms with Gasteiger partial charge in [0.25, 0.3) is 0 Å². The summed E-state index contributed by atoms with van der Waals surface area (Å²) in [5.74, 6) is 0. The van der Waals surface area contributed by atoms with Crippen LogP contribution in [-0.4, -0.2) is 10.2 Å². The zero-order valence-electron chi connectivity index (χ0n) is 12.5. The highest BCUT2D eigenvalue weighted by atomic mass is 15.1. The maximum absolute atomic E-state index is 6.72. The predicted octanol–water partition coefficient (Wildman–Crippen LogP) is 3.05. The van der Waals surface area contributed by atoms with Crippen LogP contribution >= 0.6 is 0 Å². The van der Waals surface area contributed by atoms with Crippen molar-refractivity contribution in [3.63, 3.8) is 0 Å². The number of benzene rings is 1. The fraction of sp³-hybridized carbons (Fsp3) is 0.471. The number of aryl methyl sites for hydroxylation is 1. The molecule has 106 valence electrons. The molecule has 20 heavy (non-hydrogen) atoms. The second-order valence-electron chi connectivity index (χ2n) is 7.02. The SMILES string of the molecule is CC(C)(C)c1cccc(C2(N)CCc3n[nH]cc3C2)c1. The van der Waals surface area contributed by atoms with Crippen molar-refractivity contribution in [3.8, 4) is 0 Å². The molecule has 0 radical (unpaired) electrons. The first-order chi connectivity index (χ1) is 9.38. The summed E-state index contributed by atoms with van der Waals surface area (Å²) in [7, 11) is 0. The number of nitrogens with zero attached hydrogens (tertiary/aromatic N) is 1. The summed E-state index contributed by atoms with van der Waals surface area (Å²) < 4.78 is 0. The van der Waals surface area contributed by atoms with Crippen LogP contribution < -0.4 is 5.73 Å². The number of fused-ring (bicyclic) bond motifs is 1. The first kappa shape index (κ1) is 13.4. The van der Waals surface area contributed by atoms with Gasteiger partial charge in [-0.3, -0.25) is 5.10 Å². The Hall–Kier alpha value is -1.61. The average molecular weight is 269 g/mol. The number of hydrogen-bond acceptors (Lipinski definition) is 2. The maximum atomic E-state index is 6.72. The summed E-state index contributed by atoms with van der Waals surface area (Å²) in [6, 6.07) is 8.78. The van der Waals surface area contributed by atoms with Crippen molar-refractivity contribution in [1.82, 2.24) is 10.2 Å². The van der Waals surface area contributed by atoms with E-state index in [0.717, 1.165) is 19.3 Å². The van der Waals surface area contributed by atoms with Crippen LogP contribution in [-0.2, 0) is 23.8 Å². The van der Waals surface area contributed by atoms with Gasteiger partial charge in [0, 0.05) is 11.7 Å². The third kappa shape index (κ3) is 2.27. The van der Waals surface area contributed by atoms with E-state index in [-0.39, 0.29) is 11.0 Å². The molecule has 1 aromatic carbocycles. The monoisotopic (exact) mass is 269 g/mol. The topological polar surface area (TPSA) is 54.7 Å². The Morgan fingerprint density at radius 3 is 2.85 bits per heavy atom. The number of nitrogens with one attached hydrogen (secondary N) is 1. The Morgan fingerprint density at radius 2 is 2.10 bits per heavy atom. The summed E-state index contributed by atoms with van der Waals surface area (Å²) >= 11 is 0. The first-order valence-electron chi connectivity index (χ1n) is 7.30. The Bertz CT molecular complexity index is 621. The predicted molar refractivity (Wildman–Crippen MR) is 81.6 cm³/mol. The number of aromatic amines is 1. The van der Waals surface area contributed by atoms with Gasteiger partial charge in [0.2, 0.25) is 0 Å². The van der Waals surface area contributed by atoms with Crippen LogP contribution in [0.1, 0.15) is 49.6 Å². The van der Waals surface area contributed by atoms with Crippen molar-refractivity contribution in [1.29, 1.82) is 0 Å². The Balaban J connectivity index is 1.97. The summed E-state index contributed by atoms with van der Waals surface area (Å²) in [6.45, 7) is 6.72. The van der Waals surface area contributed by atoms with E-state index in [1.54, 1.807) is 0 Å². The van der Waals surface area contributed by atoms with Gasteiger partial charge in [0.05, 0.1) is 5.69 Å². The van der Waals surface area contributed by atoms with Crippen LogP contribution in [0, 0.1) is 0 Å². The van der Waals surface area contributed by atoms with Gasteiger partial charge >= 0.3 is 0 Å². The molecule has 2 aromatic rings. The molecule has 0 fully saturated rings. The van der Waals surface area contributed by atoms with E-state index in [1.807, 2.05) is 6.20 Å². The lowest BCUT2D eigenvalue weighted by atomic mass is 9.75. The lowest BCUT2D eigenvalue weighted by Crippen LogP contribution is -2.42. The first-order valence-corrected chi connectivity index (χ1v) is 7.30. The largest absolute Gasteiger partial charge is 0.321 e. The van der Waals surface area contributed by atoms with Gasteiger partial charge in [-0.05, 0) is 41.4 Å². The normalized spacial score (nSPS) is 22.6. The number of hydrogen-bond donors (Lipinski definition) is 2. The van der Waals surface area contributed by atoms with Gasteiger partial charge in [-0.1, -0.05) is 45.0 Å². The van der Waals surface area contributed by atoms with E-state index in [0.29, 0.717) is 0 Å². The lowest BCUT2D eigenvalue weighted by Gasteiger charge is -2.34. The van der Waals surface area contributed by atoms with Gasteiger partial charge in [0.15, 0.2) is 0 Å². The van der Waals surface area contributed by atoms with Crippen molar-refractivity contribution in [3.05, 3.63) is 52.8 Å². The Kier molecular flexibility index (Phi) is 2.98. The van der Waals surface area contributed by atoms with Gasteiger partial charge in [0.1, 0.15) is 0 Å². The molecule has 3 rings (SSSR count). The molecule has 0 aliphatic heterocycles. The van der Waals surface area contributed by atoms with Crippen molar-refractivity contribution < 1.29 is 0 Å². The fourth-order valence-corrected chi connectivity index (χ4v) is 3.02. The van der Waals surface area contributed by atoms with Crippen LogP contribution in [0.4, 0.5) is 0 Å². The third-order valence-electron chi connectivity index (χ3n) is 4.43. The van der Waals surface area contributed by atoms with Gasteiger partial charge < -0.3 is 5.73 Å². The highest BCUT2D eigenvalue weighted by Crippen LogP contribution is 2.35. The molecule has 3 heteroatoms. The van der Waals surface area contributed by atoms with Crippen molar-refractivity contribution in [2.45, 2.75) is 51.0 Å². The summed E-state index contributed by atoms with van der Waals surface area (Å²) in [5.41, 5.74) is 11.6. The van der Waals surface area contributed by atoms with E-state index in [9.17, 15) is 0 Å². The van der Waals surface area contributed by atoms with E-state index in [2.05, 4.69) is 55.2 Å². The molecule has 1 aliphatic rings. The highest BCUT2D eigenvalue weighted by molar-refractivity contribution is 5.36. The zero-order valence-corrected chi connectivity index (χ0v) is 12.5. The molecular formula is C17H23N3. The number of aromatic nitrogens is 2. The minimum atomic E-state index is -0.266. The molecule has 0 saturated carbocycles. The van der Waals surface area contributed by atoms with E-state index < -0.39 is 0 Å². The molecule has 1 heterocycles. The smallest absolute Gasteiger partial charge is 0.0655 e. The highest BCUT2D eigenvalue weighted by Gasteiger charge is 2.33. The summed E-state index contributed by atoms with van der Waals surface area (Å²) in [5, 5.41) is 7.25. The van der Waals surface area contributed by atoms with Crippen LogP contribution in [0.5, 0.6) is 0 Å². The van der Waals surface area contributed by atoms with Crippen molar-refractivity contribution in [2.24, 2.45) is 5.73 Å². The van der Waals surface area contributed by atoms with E-state index >= 15 is 0 Å². The van der Waals surface area contributed by atoms with Crippen LogP contribution in [0.3, 0.4) is 0 Å². The maximum Gasteiger partial charge on any atom is 0.0655 e. The third-order valence-corrected chi connectivity index (χ3v) is 4.43. The molecular weight excluding hydrogens is 246 g/mol. The molecule has 3 nitrogen and oxygen atoms in total. The van der Waals surface area contributed by atoms with Crippen molar-refractivity contribution >= 4 is 0 Å². The van der Waals surface area contributed by atoms with Gasteiger partial charge in [-0.25, -0.2) is 0 Å².